The molecule has 0 radical (unpaired) electrons. The van der Waals surface area contributed by atoms with Gasteiger partial charge in [-0.1, -0.05) is 75.4 Å². The van der Waals surface area contributed by atoms with Gasteiger partial charge in [0, 0.05) is 23.5 Å². The van der Waals surface area contributed by atoms with Gasteiger partial charge >= 0.3 is 0 Å². The molecule has 0 fully saturated rings. The molecule has 1 aliphatic rings. The molecule has 1 atom stereocenters. The van der Waals surface area contributed by atoms with Gasteiger partial charge in [-0.25, -0.2) is 0 Å². The SMILES string of the molecule is CC(C)N(CC(=O)N1CCc2sccc2C1c1ccc(C(C)(C)C)cc1)C(=O)C=Cc1ccccc1. The number of benzene rings is 2. The molecule has 1 aromatic heterocycles. The number of thiophene rings is 1. The second-order valence-electron chi connectivity index (χ2n) is 10.7. The van der Waals surface area contributed by atoms with Crippen molar-refractivity contribution >= 4 is 29.2 Å². The molecule has 0 aliphatic carbocycles. The maximum absolute atomic E-state index is 13.7. The van der Waals surface area contributed by atoms with Crippen molar-refractivity contribution in [3.63, 3.8) is 0 Å². The Morgan fingerprint density at radius 1 is 1.06 bits per heavy atom. The van der Waals surface area contributed by atoms with Crippen LogP contribution in [-0.2, 0) is 21.4 Å². The van der Waals surface area contributed by atoms with Gasteiger partial charge in [-0.2, -0.15) is 0 Å². The summed E-state index contributed by atoms with van der Waals surface area (Å²) >= 11 is 1.76. The van der Waals surface area contributed by atoms with E-state index < -0.39 is 0 Å². The topological polar surface area (TPSA) is 40.6 Å². The third-order valence-electron chi connectivity index (χ3n) is 6.81. The highest BCUT2D eigenvalue weighted by molar-refractivity contribution is 7.10. The zero-order valence-corrected chi connectivity index (χ0v) is 22.7. The second kappa shape index (κ2) is 10.8. The van der Waals surface area contributed by atoms with E-state index in [9.17, 15) is 9.59 Å². The van der Waals surface area contributed by atoms with Crippen LogP contribution in [0.5, 0.6) is 0 Å². The number of carbonyl (C=O) groups excluding carboxylic acids is 2. The number of amides is 2. The highest BCUT2D eigenvalue weighted by Crippen LogP contribution is 2.38. The Morgan fingerprint density at radius 3 is 2.39 bits per heavy atom. The van der Waals surface area contributed by atoms with Gasteiger partial charge in [0.1, 0.15) is 6.54 Å². The number of fused-ring (bicyclic) bond motifs is 1. The highest BCUT2D eigenvalue weighted by Gasteiger charge is 2.34. The first-order valence-electron chi connectivity index (χ1n) is 12.6. The molecule has 1 aliphatic heterocycles. The second-order valence-corrected chi connectivity index (χ2v) is 11.7. The van der Waals surface area contributed by atoms with Gasteiger partial charge < -0.3 is 9.80 Å². The van der Waals surface area contributed by atoms with Gasteiger partial charge in [-0.3, -0.25) is 9.59 Å². The summed E-state index contributed by atoms with van der Waals surface area (Å²) in [5.74, 6) is -0.173. The molecule has 5 heteroatoms. The summed E-state index contributed by atoms with van der Waals surface area (Å²) in [6.45, 7) is 11.2. The summed E-state index contributed by atoms with van der Waals surface area (Å²) < 4.78 is 0. The van der Waals surface area contributed by atoms with Crippen molar-refractivity contribution in [2.75, 3.05) is 13.1 Å². The number of rotatable bonds is 6. The third-order valence-corrected chi connectivity index (χ3v) is 7.81. The smallest absolute Gasteiger partial charge is 0.247 e. The van der Waals surface area contributed by atoms with Crippen molar-refractivity contribution in [1.29, 1.82) is 0 Å². The fourth-order valence-electron chi connectivity index (χ4n) is 4.69. The third kappa shape index (κ3) is 5.79. The lowest BCUT2D eigenvalue weighted by atomic mass is 9.85. The summed E-state index contributed by atoms with van der Waals surface area (Å²) in [5, 5.41) is 2.12. The van der Waals surface area contributed by atoms with Crippen molar-refractivity contribution in [2.24, 2.45) is 0 Å². The molecule has 36 heavy (non-hydrogen) atoms. The molecular weight excluding hydrogens is 464 g/mol. The normalized spacial score (nSPS) is 15.8. The monoisotopic (exact) mass is 500 g/mol. The summed E-state index contributed by atoms with van der Waals surface area (Å²) in [4.78, 5) is 31.8. The van der Waals surface area contributed by atoms with Crippen LogP contribution >= 0.6 is 11.3 Å². The minimum atomic E-state index is -0.151. The predicted octanol–water partition coefficient (Wildman–Crippen LogP) is 6.47. The summed E-state index contributed by atoms with van der Waals surface area (Å²) in [6, 6.07) is 20.3. The van der Waals surface area contributed by atoms with E-state index in [0.717, 1.165) is 17.5 Å². The average molecular weight is 501 g/mol. The Hall–Kier alpha value is -3.18. The van der Waals surface area contributed by atoms with E-state index >= 15 is 0 Å². The maximum atomic E-state index is 13.7. The predicted molar refractivity (Wildman–Crippen MR) is 149 cm³/mol. The molecule has 0 N–H and O–H groups in total. The lowest BCUT2D eigenvalue weighted by Crippen LogP contribution is -2.48. The molecule has 0 saturated carbocycles. The fraction of sp³-hybridized carbons (Fsp3) is 0.355. The van der Waals surface area contributed by atoms with Gasteiger partial charge in [-0.05, 0) is 65.5 Å². The van der Waals surface area contributed by atoms with Gasteiger partial charge in [0.05, 0.1) is 6.04 Å². The Bertz CT molecular complexity index is 1220. The Balaban J connectivity index is 1.58. The first-order valence-corrected chi connectivity index (χ1v) is 13.5. The molecular formula is C31H36N2O2S. The summed E-state index contributed by atoms with van der Waals surface area (Å²) in [7, 11) is 0. The molecule has 3 aromatic rings. The number of carbonyl (C=O) groups is 2. The molecule has 0 spiro atoms. The molecule has 2 amide bonds. The number of nitrogens with zero attached hydrogens (tertiary/aromatic N) is 2. The minimum Gasteiger partial charge on any atom is -0.330 e. The first kappa shape index (κ1) is 25.9. The Morgan fingerprint density at radius 2 is 1.75 bits per heavy atom. The van der Waals surface area contributed by atoms with Crippen LogP contribution in [0.15, 0.2) is 72.1 Å². The molecule has 1 unspecified atom stereocenters. The van der Waals surface area contributed by atoms with E-state index in [1.165, 1.54) is 16.0 Å². The summed E-state index contributed by atoms with van der Waals surface area (Å²) in [6.07, 6.45) is 4.22. The molecule has 0 saturated heterocycles. The van der Waals surface area contributed by atoms with Crippen molar-refractivity contribution in [3.05, 3.63) is 99.3 Å². The molecule has 188 valence electrons. The van der Waals surface area contributed by atoms with Gasteiger partial charge in [0.25, 0.3) is 0 Å². The van der Waals surface area contributed by atoms with Crippen LogP contribution in [0.4, 0.5) is 0 Å². The zero-order chi connectivity index (χ0) is 25.9. The van der Waals surface area contributed by atoms with E-state index in [1.807, 2.05) is 49.1 Å². The van der Waals surface area contributed by atoms with E-state index in [1.54, 1.807) is 28.4 Å². The van der Waals surface area contributed by atoms with Gasteiger partial charge in [0.15, 0.2) is 0 Å². The van der Waals surface area contributed by atoms with Gasteiger partial charge in [0.2, 0.25) is 11.8 Å². The van der Waals surface area contributed by atoms with Crippen molar-refractivity contribution in [3.8, 4) is 0 Å². The standard InChI is InChI=1S/C31H36N2O2S/c1-22(2)33(28(34)16-11-23-9-7-6-8-10-23)21-29(35)32-19-17-27-26(18-20-36-27)30(32)24-12-14-25(15-13-24)31(3,4)5/h6-16,18,20,22,30H,17,19,21H2,1-5H3. The Labute approximate surface area is 219 Å². The number of hydrogen-bond donors (Lipinski definition) is 0. The van der Waals surface area contributed by atoms with Crippen LogP contribution in [0.2, 0.25) is 0 Å². The van der Waals surface area contributed by atoms with Crippen LogP contribution in [-0.4, -0.2) is 40.7 Å². The van der Waals surface area contributed by atoms with Crippen molar-refractivity contribution in [2.45, 2.75) is 58.5 Å². The molecule has 4 nitrogen and oxygen atoms in total. The molecule has 2 aromatic carbocycles. The van der Waals surface area contributed by atoms with E-state index in [4.69, 9.17) is 0 Å². The van der Waals surface area contributed by atoms with E-state index in [0.29, 0.717) is 6.54 Å². The maximum Gasteiger partial charge on any atom is 0.247 e. The molecule has 2 heterocycles. The largest absolute Gasteiger partial charge is 0.330 e. The van der Waals surface area contributed by atoms with Crippen molar-refractivity contribution < 1.29 is 9.59 Å². The minimum absolute atomic E-state index is 0.0214. The van der Waals surface area contributed by atoms with Crippen LogP contribution in [0.1, 0.15) is 67.8 Å². The highest BCUT2D eigenvalue weighted by atomic mass is 32.1. The van der Waals surface area contributed by atoms with Crippen LogP contribution in [0, 0.1) is 0 Å². The van der Waals surface area contributed by atoms with Gasteiger partial charge in [-0.15, -0.1) is 11.3 Å². The fourth-order valence-corrected chi connectivity index (χ4v) is 5.59. The lowest BCUT2D eigenvalue weighted by molar-refractivity contribution is -0.140. The molecule has 0 bridgehead atoms. The van der Waals surface area contributed by atoms with Crippen LogP contribution in [0.25, 0.3) is 6.08 Å². The quantitative estimate of drug-likeness (QED) is 0.364. The molecule has 4 rings (SSSR count). The van der Waals surface area contributed by atoms with Crippen molar-refractivity contribution in [1.82, 2.24) is 9.80 Å². The number of hydrogen-bond acceptors (Lipinski definition) is 3. The average Bonchev–Trinajstić information content (AvgIpc) is 3.34. The Kier molecular flexibility index (Phi) is 7.79. The lowest BCUT2D eigenvalue weighted by Gasteiger charge is -2.38. The van der Waals surface area contributed by atoms with E-state index in [2.05, 4.69) is 56.5 Å². The van der Waals surface area contributed by atoms with E-state index in [-0.39, 0.29) is 35.9 Å². The zero-order valence-electron chi connectivity index (χ0n) is 21.9. The van der Waals surface area contributed by atoms with Crippen LogP contribution < -0.4 is 0 Å². The summed E-state index contributed by atoms with van der Waals surface area (Å²) in [5.41, 5.74) is 4.61. The van der Waals surface area contributed by atoms with Crippen LogP contribution in [0.3, 0.4) is 0 Å². The first-order chi connectivity index (χ1) is 17.1.